The van der Waals surface area contributed by atoms with Gasteiger partial charge in [-0.1, -0.05) is 27.7 Å². The van der Waals surface area contributed by atoms with E-state index in [0.29, 0.717) is 6.42 Å². The van der Waals surface area contributed by atoms with Gasteiger partial charge in [-0.25, -0.2) is 4.79 Å². The van der Waals surface area contributed by atoms with E-state index in [9.17, 15) is 28.8 Å². The smallest absolute Gasteiger partial charge is 0.329 e. The van der Waals surface area contributed by atoms with Crippen LogP contribution >= 0.6 is 0 Å². The van der Waals surface area contributed by atoms with Gasteiger partial charge in [0.25, 0.3) is 5.91 Å². The van der Waals surface area contributed by atoms with E-state index in [1.807, 2.05) is 27.7 Å². The molecule has 5 atom stereocenters. The predicted octanol–water partition coefficient (Wildman–Crippen LogP) is 0.650. The minimum absolute atomic E-state index is 0.0212. The molecule has 1 saturated heterocycles. The van der Waals surface area contributed by atoms with Crippen molar-refractivity contribution in [1.82, 2.24) is 10.6 Å². The Balaban J connectivity index is 3.48. The van der Waals surface area contributed by atoms with Crippen molar-refractivity contribution >= 4 is 35.3 Å². The maximum absolute atomic E-state index is 13.0. The van der Waals surface area contributed by atoms with Crippen LogP contribution in [0.15, 0.2) is 0 Å². The molecule has 3 amide bonds. The number of rotatable bonds is 7. The van der Waals surface area contributed by atoms with Crippen molar-refractivity contribution in [1.29, 1.82) is 0 Å². The van der Waals surface area contributed by atoms with Gasteiger partial charge in [-0.3, -0.25) is 19.2 Å². The van der Waals surface area contributed by atoms with Gasteiger partial charge >= 0.3 is 5.97 Å². The Labute approximate surface area is 194 Å². The SMILES string of the molecule is CC(=O)CC1C(=O)N[C@@H](C)C(=O)C[C@@H](CC(C)C)C(=O)N[C@@H](CC(C)C)C(=O)O[C@H]1C(N)=O. The van der Waals surface area contributed by atoms with Gasteiger partial charge in [0.05, 0.1) is 12.0 Å². The number of nitrogens with one attached hydrogen (secondary N) is 2. The van der Waals surface area contributed by atoms with E-state index in [1.54, 1.807) is 0 Å². The summed E-state index contributed by atoms with van der Waals surface area (Å²) in [5.74, 6) is -6.15. The van der Waals surface area contributed by atoms with Gasteiger partial charge in [0, 0.05) is 18.8 Å². The van der Waals surface area contributed by atoms with Gasteiger partial charge in [0.15, 0.2) is 11.9 Å². The zero-order chi connectivity index (χ0) is 25.5. The Bertz CT molecular complexity index is 778. The first-order valence-corrected chi connectivity index (χ1v) is 11.4. The number of amides is 3. The lowest BCUT2D eigenvalue weighted by Gasteiger charge is -2.27. The summed E-state index contributed by atoms with van der Waals surface area (Å²) in [6, 6.07) is -2.09. The molecule has 0 aromatic heterocycles. The first-order valence-electron chi connectivity index (χ1n) is 11.4. The average Bonchev–Trinajstić information content (AvgIpc) is 2.67. The van der Waals surface area contributed by atoms with Crippen LogP contribution in [0.5, 0.6) is 0 Å². The highest BCUT2D eigenvalue weighted by Gasteiger charge is 2.40. The second kappa shape index (κ2) is 12.5. The van der Waals surface area contributed by atoms with Crippen molar-refractivity contribution in [3.05, 3.63) is 0 Å². The molecule has 33 heavy (non-hydrogen) atoms. The maximum Gasteiger partial charge on any atom is 0.329 e. The Morgan fingerprint density at radius 3 is 2.06 bits per heavy atom. The molecule has 10 heteroatoms. The lowest BCUT2D eigenvalue weighted by Crippen LogP contribution is -2.51. The molecule has 0 aromatic rings. The topological polar surface area (TPSA) is 162 Å². The first-order chi connectivity index (χ1) is 15.2. The first kappa shape index (κ1) is 28.3. The van der Waals surface area contributed by atoms with Crippen molar-refractivity contribution < 1.29 is 33.5 Å². The molecular formula is C23H37N3O7. The van der Waals surface area contributed by atoms with E-state index in [1.165, 1.54) is 13.8 Å². The second-order valence-corrected chi connectivity index (χ2v) is 9.69. The lowest BCUT2D eigenvalue weighted by atomic mass is 9.89. The lowest BCUT2D eigenvalue weighted by molar-refractivity contribution is -0.164. The van der Waals surface area contributed by atoms with Gasteiger partial charge < -0.3 is 25.9 Å². The third-order valence-electron chi connectivity index (χ3n) is 5.46. The normalized spacial score (nSPS) is 27.7. The molecule has 0 aromatic carbocycles. The van der Waals surface area contributed by atoms with Crippen LogP contribution in [0.2, 0.25) is 0 Å². The van der Waals surface area contributed by atoms with E-state index in [-0.39, 0.29) is 30.5 Å². The zero-order valence-corrected chi connectivity index (χ0v) is 20.3. The van der Waals surface area contributed by atoms with E-state index in [2.05, 4.69) is 10.6 Å². The number of nitrogens with two attached hydrogens (primary N) is 1. The highest BCUT2D eigenvalue weighted by molar-refractivity contribution is 5.97. The Morgan fingerprint density at radius 2 is 1.58 bits per heavy atom. The Hall–Kier alpha value is -2.78. The number of esters is 1. The predicted molar refractivity (Wildman–Crippen MR) is 119 cm³/mol. The molecule has 10 nitrogen and oxygen atoms in total. The number of ether oxygens (including phenoxy) is 1. The summed E-state index contributed by atoms with van der Waals surface area (Å²) >= 11 is 0. The second-order valence-electron chi connectivity index (χ2n) is 9.69. The molecule has 1 aliphatic rings. The largest absolute Gasteiger partial charge is 0.450 e. The number of Topliss-reactive ketones (excluding diaryl/α,β-unsaturated/α-hetero) is 2. The molecule has 0 radical (unpaired) electrons. The van der Waals surface area contributed by atoms with Gasteiger partial charge in [-0.15, -0.1) is 0 Å². The number of cyclic esters (lactones) is 1. The minimum Gasteiger partial charge on any atom is -0.450 e. The van der Waals surface area contributed by atoms with E-state index >= 15 is 0 Å². The molecular weight excluding hydrogens is 430 g/mol. The Morgan fingerprint density at radius 1 is 1.00 bits per heavy atom. The summed E-state index contributed by atoms with van der Waals surface area (Å²) in [4.78, 5) is 75.7. The van der Waals surface area contributed by atoms with Crippen LogP contribution in [-0.2, 0) is 33.5 Å². The summed E-state index contributed by atoms with van der Waals surface area (Å²) in [6.45, 7) is 10.2. The Kier molecular flexibility index (Phi) is 10.7. The van der Waals surface area contributed by atoms with E-state index in [4.69, 9.17) is 10.5 Å². The van der Waals surface area contributed by atoms with E-state index < -0.39 is 65.9 Å². The number of primary amides is 1. The molecule has 0 aliphatic carbocycles. The van der Waals surface area contributed by atoms with Crippen LogP contribution < -0.4 is 16.4 Å². The third kappa shape index (κ3) is 8.94. The fourth-order valence-electron chi connectivity index (χ4n) is 3.84. The maximum atomic E-state index is 13.0. The molecule has 0 bridgehead atoms. The molecule has 1 unspecified atom stereocenters. The highest BCUT2D eigenvalue weighted by atomic mass is 16.6. The molecule has 1 heterocycles. The van der Waals surface area contributed by atoms with Crippen molar-refractivity contribution in [2.75, 3.05) is 0 Å². The average molecular weight is 468 g/mol. The monoisotopic (exact) mass is 467 g/mol. The van der Waals surface area contributed by atoms with Crippen molar-refractivity contribution in [3.63, 3.8) is 0 Å². The summed E-state index contributed by atoms with van der Waals surface area (Å²) in [5, 5.41) is 5.15. The summed E-state index contributed by atoms with van der Waals surface area (Å²) < 4.78 is 5.32. The minimum atomic E-state index is -1.73. The fourth-order valence-corrected chi connectivity index (χ4v) is 3.84. The van der Waals surface area contributed by atoms with Crippen LogP contribution in [0.4, 0.5) is 0 Å². The highest BCUT2D eigenvalue weighted by Crippen LogP contribution is 2.21. The molecule has 4 N–H and O–H groups in total. The van der Waals surface area contributed by atoms with Gasteiger partial charge in [0.2, 0.25) is 11.8 Å². The van der Waals surface area contributed by atoms with Crippen molar-refractivity contribution in [2.24, 2.45) is 29.4 Å². The van der Waals surface area contributed by atoms with Crippen molar-refractivity contribution in [2.45, 2.75) is 85.4 Å². The standard InChI is InChI=1S/C23H37N3O7/c1-11(2)7-15-10-18(28)14(6)25-22(31)16(9-13(5)27)19(20(24)29)33-23(32)17(8-12(3)4)26-21(15)30/h11-12,14-17,19H,7-10H2,1-6H3,(H2,24,29)(H,25,31)(H,26,30)/t14-,15+,16?,17-,19+/m0/s1. The third-order valence-corrected chi connectivity index (χ3v) is 5.46. The summed E-state index contributed by atoms with van der Waals surface area (Å²) in [6.07, 6.45) is -1.67. The molecule has 0 spiro atoms. The number of hydrogen-bond acceptors (Lipinski definition) is 7. The summed E-state index contributed by atoms with van der Waals surface area (Å²) in [7, 11) is 0. The van der Waals surface area contributed by atoms with Crippen LogP contribution in [0.25, 0.3) is 0 Å². The zero-order valence-electron chi connectivity index (χ0n) is 20.3. The van der Waals surface area contributed by atoms with Gasteiger partial charge in [0.1, 0.15) is 11.8 Å². The van der Waals surface area contributed by atoms with Crippen molar-refractivity contribution in [3.8, 4) is 0 Å². The number of carbonyl (C=O) groups is 6. The molecule has 1 rings (SSSR count). The number of hydrogen-bond donors (Lipinski definition) is 3. The quantitative estimate of drug-likeness (QED) is 0.463. The van der Waals surface area contributed by atoms with E-state index in [0.717, 1.165) is 0 Å². The molecule has 0 saturated carbocycles. The van der Waals surface area contributed by atoms with Crippen LogP contribution in [0, 0.1) is 23.7 Å². The van der Waals surface area contributed by atoms with Gasteiger partial charge in [-0.05, 0) is 38.5 Å². The fraction of sp³-hybridized carbons (Fsp3) is 0.739. The number of carbonyl (C=O) groups excluding carboxylic acids is 6. The molecule has 1 aliphatic heterocycles. The molecule has 1 fully saturated rings. The molecule has 186 valence electrons. The van der Waals surface area contributed by atoms with Crippen LogP contribution in [0.3, 0.4) is 0 Å². The number of ketones is 2. The summed E-state index contributed by atoms with van der Waals surface area (Å²) in [5.41, 5.74) is 5.42. The van der Waals surface area contributed by atoms with Crippen LogP contribution in [0.1, 0.15) is 67.2 Å². The van der Waals surface area contributed by atoms with Gasteiger partial charge in [-0.2, -0.15) is 0 Å². The van der Waals surface area contributed by atoms with Crippen LogP contribution in [-0.4, -0.2) is 53.4 Å².